The van der Waals surface area contributed by atoms with Gasteiger partial charge >= 0.3 is 0 Å². The molecule has 1 heterocycles. The van der Waals surface area contributed by atoms with E-state index in [0.29, 0.717) is 6.04 Å². The number of halogens is 1. The molecule has 0 bridgehead atoms. The Bertz CT molecular complexity index is 143. The quantitative estimate of drug-likeness (QED) is 0.573. The molecular formula is C6H8BrNO. The number of aliphatic hydroxyl groups is 1. The molecule has 0 aromatic rings. The van der Waals surface area contributed by atoms with Crippen molar-refractivity contribution in [3.05, 3.63) is 0 Å². The van der Waals surface area contributed by atoms with Gasteiger partial charge in [0.05, 0.1) is 12.6 Å². The Morgan fingerprint density at radius 3 is 2.89 bits per heavy atom. The van der Waals surface area contributed by atoms with Gasteiger partial charge in [-0.15, -0.1) is 0 Å². The van der Waals surface area contributed by atoms with Crippen molar-refractivity contribution in [3.8, 4) is 10.8 Å². The lowest BCUT2D eigenvalue weighted by molar-refractivity contribution is 0.179. The third-order valence-electron chi connectivity index (χ3n) is 1.41. The lowest BCUT2D eigenvalue weighted by atomic mass is 9.99. The molecule has 2 atom stereocenters. The van der Waals surface area contributed by atoms with Gasteiger partial charge in [0.15, 0.2) is 0 Å². The molecule has 0 radical (unpaired) electrons. The van der Waals surface area contributed by atoms with Gasteiger partial charge in [0.1, 0.15) is 0 Å². The summed E-state index contributed by atoms with van der Waals surface area (Å²) in [6, 6.07) is 0.574. The molecule has 1 fully saturated rings. The SMILES string of the molecule is OCC1CC(C#CBr)N1. The van der Waals surface area contributed by atoms with Gasteiger partial charge in [0, 0.05) is 22.0 Å². The Kier molecular flexibility index (Phi) is 2.52. The van der Waals surface area contributed by atoms with E-state index in [4.69, 9.17) is 5.11 Å². The number of hydrogen-bond donors (Lipinski definition) is 2. The van der Waals surface area contributed by atoms with Crippen LogP contribution in [0, 0.1) is 10.8 Å². The van der Waals surface area contributed by atoms with Gasteiger partial charge in [-0.1, -0.05) is 5.92 Å². The zero-order valence-electron chi connectivity index (χ0n) is 4.89. The first-order valence-corrected chi connectivity index (χ1v) is 3.64. The number of aliphatic hydroxyl groups excluding tert-OH is 1. The van der Waals surface area contributed by atoms with Crippen LogP contribution in [0.2, 0.25) is 0 Å². The Morgan fingerprint density at radius 2 is 2.44 bits per heavy atom. The molecule has 0 spiro atoms. The molecule has 1 saturated heterocycles. The summed E-state index contributed by atoms with van der Waals surface area (Å²) >= 11 is 3.00. The molecule has 0 aromatic heterocycles. The smallest absolute Gasteiger partial charge is 0.0717 e. The predicted molar refractivity (Wildman–Crippen MR) is 39.1 cm³/mol. The first kappa shape index (κ1) is 7.07. The molecule has 1 rings (SSSR count). The van der Waals surface area contributed by atoms with Gasteiger partial charge < -0.3 is 5.11 Å². The van der Waals surface area contributed by atoms with Crippen LogP contribution in [0.4, 0.5) is 0 Å². The van der Waals surface area contributed by atoms with Gasteiger partial charge in [-0.3, -0.25) is 5.32 Å². The van der Waals surface area contributed by atoms with Crippen molar-refractivity contribution < 1.29 is 5.11 Å². The average molecular weight is 190 g/mol. The second-order valence-corrected chi connectivity index (χ2v) is 2.47. The summed E-state index contributed by atoms with van der Waals surface area (Å²) in [6.45, 7) is 0.223. The minimum absolute atomic E-state index is 0.223. The molecule has 9 heavy (non-hydrogen) atoms. The van der Waals surface area contributed by atoms with E-state index in [1.165, 1.54) is 0 Å². The van der Waals surface area contributed by atoms with E-state index in [1.54, 1.807) is 0 Å². The number of nitrogens with one attached hydrogen (secondary N) is 1. The van der Waals surface area contributed by atoms with E-state index in [0.717, 1.165) is 6.42 Å². The first-order chi connectivity index (χ1) is 4.36. The van der Waals surface area contributed by atoms with E-state index in [-0.39, 0.29) is 12.6 Å². The maximum absolute atomic E-state index is 8.55. The summed E-state index contributed by atoms with van der Waals surface area (Å²) in [4.78, 5) is 2.63. The lowest BCUT2D eigenvalue weighted by Crippen LogP contribution is -2.53. The second kappa shape index (κ2) is 3.21. The highest BCUT2D eigenvalue weighted by molar-refractivity contribution is 9.12. The maximum Gasteiger partial charge on any atom is 0.0717 e. The van der Waals surface area contributed by atoms with Gasteiger partial charge in [-0.2, -0.15) is 0 Å². The highest BCUT2D eigenvalue weighted by Gasteiger charge is 2.24. The summed E-state index contributed by atoms with van der Waals surface area (Å²) in [5.41, 5.74) is 0. The fourth-order valence-electron chi connectivity index (χ4n) is 0.838. The molecule has 1 aliphatic heterocycles. The molecule has 0 aromatic carbocycles. The van der Waals surface area contributed by atoms with Crippen LogP contribution >= 0.6 is 15.9 Å². The van der Waals surface area contributed by atoms with Crippen LogP contribution in [0.15, 0.2) is 0 Å². The first-order valence-electron chi connectivity index (χ1n) is 2.85. The van der Waals surface area contributed by atoms with Crippen molar-refractivity contribution in [2.45, 2.75) is 18.5 Å². The molecule has 0 aliphatic carbocycles. The largest absolute Gasteiger partial charge is 0.395 e. The fraction of sp³-hybridized carbons (Fsp3) is 0.667. The summed E-state index contributed by atoms with van der Waals surface area (Å²) < 4.78 is 0. The zero-order chi connectivity index (χ0) is 6.69. The molecule has 2 N–H and O–H groups in total. The molecule has 0 saturated carbocycles. The summed E-state index contributed by atoms with van der Waals surface area (Å²) in [5.74, 6) is 2.89. The standard InChI is InChI=1S/C6H8BrNO/c7-2-1-5-3-6(4-9)8-5/h5-6,8-9H,3-4H2. The van der Waals surface area contributed by atoms with Crippen LogP contribution in [-0.4, -0.2) is 23.8 Å². The van der Waals surface area contributed by atoms with E-state index in [9.17, 15) is 0 Å². The minimum Gasteiger partial charge on any atom is -0.395 e. The van der Waals surface area contributed by atoms with Crippen LogP contribution < -0.4 is 5.32 Å². The van der Waals surface area contributed by atoms with E-state index >= 15 is 0 Å². The number of hydrogen-bond acceptors (Lipinski definition) is 2. The monoisotopic (exact) mass is 189 g/mol. The molecule has 0 amide bonds. The third-order valence-corrected chi connectivity index (χ3v) is 1.64. The Balaban J connectivity index is 2.16. The van der Waals surface area contributed by atoms with Crippen LogP contribution in [0.5, 0.6) is 0 Å². The van der Waals surface area contributed by atoms with Crippen molar-refractivity contribution in [1.82, 2.24) is 5.32 Å². The fourth-order valence-corrected chi connectivity index (χ4v) is 1.11. The highest BCUT2D eigenvalue weighted by atomic mass is 79.9. The third kappa shape index (κ3) is 1.68. The highest BCUT2D eigenvalue weighted by Crippen LogP contribution is 2.09. The predicted octanol–water partition coefficient (Wildman–Crippen LogP) is 0.0650. The summed E-state index contributed by atoms with van der Waals surface area (Å²) in [6.07, 6.45) is 0.967. The normalized spacial score (nSPS) is 32.2. The van der Waals surface area contributed by atoms with Crippen molar-refractivity contribution in [1.29, 1.82) is 0 Å². The van der Waals surface area contributed by atoms with Gasteiger partial charge in [-0.05, 0) is 11.3 Å². The van der Waals surface area contributed by atoms with Crippen molar-refractivity contribution in [2.75, 3.05) is 6.61 Å². The van der Waals surface area contributed by atoms with E-state index < -0.39 is 0 Å². The lowest BCUT2D eigenvalue weighted by Gasteiger charge is -2.32. The molecular weight excluding hydrogens is 182 g/mol. The van der Waals surface area contributed by atoms with Crippen molar-refractivity contribution in [3.63, 3.8) is 0 Å². The van der Waals surface area contributed by atoms with Crippen LogP contribution in [0.3, 0.4) is 0 Å². The molecule has 50 valence electrons. The van der Waals surface area contributed by atoms with Crippen LogP contribution in [-0.2, 0) is 0 Å². The van der Waals surface area contributed by atoms with E-state index in [1.807, 2.05) is 0 Å². The zero-order valence-corrected chi connectivity index (χ0v) is 6.48. The molecule has 3 heteroatoms. The Hall–Kier alpha value is -0.0400. The van der Waals surface area contributed by atoms with Crippen LogP contribution in [0.1, 0.15) is 6.42 Å². The average Bonchev–Trinajstić information content (AvgIpc) is 1.77. The van der Waals surface area contributed by atoms with Crippen molar-refractivity contribution in [2.24, 2.45) is 0 Å². The summed E-state index contributed by atoms with van der Waals surface area (Å²) in [5, 5.41) is 11.6. The minimum atomic E-state index is 0.223. The second-order valence-electron chi connectivity index (χ2n) is 2.07. The maximum atomic E-state index is 8.55. The summed E-state index contributed by atoms with van der Waals surface area (Å²) in [7, 11) is 0. The topological polar surface area (TPSA) is 32.3 Å². The van der Waals surface area contributed by atoms with Gasteiger partial charge in [0.25, 0.3) is 0 Å². The Labute approximate surface area is 62.8 Å². The van der Waals surface area contributed by atoms with Gasteiger partial charge in [0.2, 0.25) is 0 Å². The molecule has 1 aliphatic rings. The van der Waals surface area contributed by atoms with Gasteiger partial charge in [-0.25, -0.2) is 0 Å². The van der Waals surface area contributed by atoms with E-state index in [2.05, 4.69) is 32.0 Å². The van der Waals surface area contributed by atoms with Crippen molar-refractivity contribution >= 4 is 15.9 Å². The number of rotatable bonds is 1. The Morgan fingerprint density at radius 1 is 1.78 bits per heavy atom. The molecule has 2 unspecified atom stereocenters. The van der Waals surface area contributed by atoms with Crippen LogP contribution in [0.25, 0.3) is 0 Å². The molecule has 2 nitrogen and oxygen atoms in total.